The third-order valence-electron chi connectivity index (χ3n) is 7.79. The quantitative estimate of drug-likeness (QED) is 0.304. The van der Waals surface area contributed by atoms with Crippen LogP contribution in [0.5, 0.6) is 0 Å². The summed E-state index contributed by atoms with van der Waals surface area (Å²) in [5, 5.41) is 11.2. The fraction of sp³-hybridized carbons (Fsp3) is 0.419. The zero-order valence-electron chi connectivity index (χ0n) is 24.0. The zero-order chi connectivity index (χ0) is 28.4. The number of carbonyl (C=O) groups excluding carboxylic acids is 1. The first-order chi connectivity index (χ1) is 19.2. The number of anilines is 1. The van der Waals surface area contributed by atoms with Crippen molar-refractivity contribution in [1.82, 2.24) is 30.4 Å². The van der Waals surface area contributed by atoms with Crippen LogP contribution in [0.15, 0.2) is 47.5 Å². The molecule has 1 fully saturated rings. The summed E-state index contributed by atoms with van der Waals surface area (Å²) >= 11 is 0. The lowest BCUT2D eigenvalue weighted by molar-refractivity contribution is 0.0927. The minimum absolute atomic E-state index is 0.0118. The number of piperazine rings is 1. The summed E-state index contributed by atoms with van der Waals surface area (Å²) in [5.74, 6) is 0.712. The third kappa shape index (κ3) is 5.65. The number of aromatic nitrogens is 4. The number of nitrogens with one attached hydrogen (secondary N) is 3. The van der Waals surface area contributed by atoms with Gasteiger partial charge in [0.15, 0.2) is 0 Å². The van der Waals surface area contributed by atoms with Gasteiger partial charge in [0, 0.05) is 49.0 Å². The molecule has 1 amide bonds. The van der Waals surface area contributed by atoms with Crippen LogP contribution in [0.2, 0.25) is 0 Å². The molecule has 1 unspecified atom stereocenters. The van der Waals surface area contributed by atoms with E-state index in [1.54, 1.807) is 6.20 Å². The normalized spacial score (nSPS) is 15.1. The van der Waals surface area contributed by atoms with Crippen molar-refractivity contribution in [2.45, 2.75) is 46.6 Å². The fourth-order valence-corrected chi connectivity index (χ4v) is 5.59. The van der Waals surface area contributed by atoms with E-state index in [2.05, 4.69) is 55.3 Å². The molecule has 0 bridgehead atoms. The Morgan fingerprint density at radius 2 is 1.88 bits per heavy atom. The number of aryl methyl sites for hydroxylation is 2. The van der Waals surface area contributed by atoms with Gasteiger partial charge in [0.05, 0.1) is 23.3 Å². The second kappa shape index (κ2) is 11.6. The summed E-state index contributed by atoms with van der Waals surface area (Å²) in [7, 11) is 2.14. The Morgan fingerprint density at radius 3 is 2.60 bits per heavy atom. The Kier molecular flexibility index (Phi) is 8.02. The highest BCUT2D eigenvalue weighted by Gasteiger charge is 2.26. The fourth-order valence-electron chi connectivity index (χ4n) is 5.59. The van der Waals surface area contributed by atoms with Crippen molar-refractivity contribution in [3.63, 3.8) is 0 Å². The summed E-state index contributed by atoms with van der Waals surface area (Å²) in [6.45, 7) is 11.9. The van der Waals surface area contributed by atoms with E-state index >= 15 is 0 Å². The van der Waals surface area contributed by atoms with Gasteiger partial charge in [-0.2, -0.15) is 5.10 Å². The number of rotatable bonds is 8. The number of aromatic amines is 2. The number of benzene rings is 1. The molecule has 3 aromatic heterocycles. The second-order valence-electron chi connectivity index (χ2n) is 11.2. The van der Waals surface area contributed by atoms with Crippen LogP contribution in [-0.4, -0.2) is 64.2 Å². The van der Waals surface area contributed by atoms with Crippen molar-refractivity contribution in [3.05, 3.63) is 75.5 Å². The molecule has 9 heteroatoms. The highest BCUT2D eigenvalue weighted by atomic mass is 16.2. The molecule has 1 saturated heterocycles. The summed E-state index contributed by atoms with van der Waals surface area (Å²) in [6, 6.07) is 9.58. The average Bonchev–Trinajstić information content (AvgIpc) is 3.41. The molecule has 5 rings (SSSR count). The Labute approximate surface area is 235 Å². The number of hydrogen-bond donors (Lipinski definition) is 3. The third-order valence-corrected chi connectivity index (χ3v) is 7.79. The maximum atomic E-state index is 13.9. The highest BCUT2D eigenvalue weighted by molar-refractivity contribution is 6.08. The van der Waals surface area contributed by atoms with Gasteiger partial charge in [0.1, 0.15) is 5.82 Å². The van der Waals surface area contributed by atoms with Gasteiger partial charge in [0.2, 0.25) is 0 Å². The molecule has 4 aromatic rings. The second-order valence-corrected chi connectivity index (χ2v) is 11.2. The first-order valence-electron chi connectivity index (χ1n) is 14.2. The first-order valence-corrected chi connectivity index (χ1v) is 14.2. The van der Waals surface area contributed by atoms with E-state index < -0.39 is 6.04 Å². The van der Waals surface area contributed by atoms with E-state index in [1.807, 2.05) is 51.2 Å². The van der Waals surface area contributed by atoms with Gasteiger partial charge >= 0.3 is 0 Å². The largest absolute Gasteiger partial charge is 0.354 e. The minimum Gasteiger partial charge on any atom is -0.354 e. The lowest BCUT2D eigenvalue weighted by Gasteiger charge is -2.33. The summed E-state index contributed by atoms with van der Waals surface area (Å²) in [5.41, 5.74) is 5.49. The van der Waals surface area contributed by atoms with Crippen molar-refractivity contribution < 1.29 is 4.79 Å². The van der Waals surface area contributed by atoms with Crippen molar-refractivity contribution in [2.75, 3.05) is 38.1 Å². The van der Waals surface area contributed by atoms with Gasteiger partial charge in [-0.1, -0.05) is 27.2 Å². The van der Waals surface area contributed by atoms with Crippen LogP contribution >= 0.6 is 0 Å². The SMILES string of the molecule is CCCc1cc(C)[nH]c(=O)c1C(NC(=O)c1cc(-c2ccnc(N3CCN(C)CC3)c2)cc2[nH]ncc12)C(C)C. The number of pyridine rings is 2. The molecule has 9 nitrogen and oxygen atoms in total. The van der Waals surface area contributed by atoms with Gasteiger partial charge in [-0.15, -0.1) is 0 Å². The molecule has 4 heterocycles. The van der Waals surface area contributed by atoms with E-state index in [-0.39, 0.29) is 17.4 Å². The summed E-state index contributed by atoms with van der Waals surface area (Å²) in [4.78, 5) is 39.3. The molecule has 0 radical (unpaired) electrons. The topological polar surface area (TPSA) is 110 Å². The number of amides is 1. The van der Waals surface area contributed by atoms with Crippen LogP contribution in [0.1, 0.15) is 60.4 Å². The number of fused-ring (bicyclic) bond motifs is 1. The predicted molar refractivity (Wildman–Crippen MR) is 160 cm³/mol. The number of likely N-dealkylation sites (N-methyl/N-ethyl adjacent to an activating group) is 1. The van der Waals surface area contributed by atoms with Gasteiger partial charge in [0.25, 0.3) is 11.5 Å². The van der Waals surface area contributed by atoms with E-state index in [9.17, 15) is 9.59 Å². The maximum absolute atomic E-state index is 13.9. The van der Waals surface area contributed by atoms with Crippen molar-refractivity contribution >= 4 is 22.6 Å². The lowest BCUT2D eigenvalue weighted by atomic mass is 9.90. The Hall–Kier alpha value is -3.98. The number of carbonyl (C=O) groups is 1. The van der Waals surface area contributed by atoms with Crippen molar-refractivity contribution in [1.29, 1.82) is 0 Å². The van der Waals surface area contributed by atoms with Crippen LogP contribution < -0.4 is 15.8 Å². The van der Waals surface area contributed by atoms with Crippen LogP contribution in [0.25, 0.3) is 22.0 Å². The van der Waals surface area contributed by atoms with Crippen LogP contribution in [-0.2, 0) is 6.42 Å². The van der Waals surface area contributed by atoms with E-state index in [0.29, 0.717) is 11.1 Å². The first kappa shape index (κ1) is 27.6. The van der Waals surface area contributed by atoms with E-state index in [4.69, 9.17) is 0 Å². The molecular formula is C31H39N7O2. The molecule has 0 spiro atoms. The van der Waals surface area contributed by atoms with Crippen LogP contribution in [0, 0.1) is 12.8 Å². The molecule has 40 heavy (non-hydrogen) atoms. The number of H-pyrrole nitrogens is 2. The maximum Gasteiger partial charge on any atom is 0.253 e. The number of nitrogens with zero attached hydrogens (tertiary/aromatic N) is 4. The Bertz CT molecular complexity index is 1560. The zero-order valence-corrected chi connectivity index (χ0v) is 24.0. The van der Waals surface area contributed by atoms with E-state index in [1.165, 1.54) is 0 Å². The summed E-state index contributed by atoms with van der Waals surface area (Å²) < 4.78 is 0. The van der Waals surface area contributed by atoms with Gasteiger partial charge in [-0.25, -0.2) is 4.98 Å². The molecule has 1 aliphatic heterocycles. The molecule has 0 saturated carbocycles. The lowest BCUT2D eigenvalue weighted by Crippen LogP contribution is -2.44. The van der Waals surface area contributed by atoms with Crippen LogP contribution in [0.4, 0.5) is 5.82 Å². The van der Waals surface area contributed by atoms with Gasteiger partial charge in [-0.05, 0) is 73.3 Å². The monoisotopic (exact) mass is 541 g/mol. The number of hydrogen-bond acceptors (Lipinski definition) is 6. The standard InChI is InChI=1S/C31H39N7O2/c1-6-7-22-14-20(4)34-31(40)28(22)29(19(2)3)35-30(39)24-15-23(16-26-25(24)18-33-36-26)21-8-9-32-27(17-21)38-12-10-37(5)11-13-38/h8-9,14-19,29H,6-7,10-13H2,1-5H3,(H,33,36)(H,34,40)(H,35,39). The van der Waals surface area contributed by atoms with Crippen molar-refractivity contribution in [2.24, 2.45) is 5.92 Å². The molecule has 0 aliphatic carbocycles. The Morgan fingerprint density at radius 1 is 1.10 bits per heavy atom. The average molecular weight is 542 g/mol. The smallest absolute Gasteiger partial charge is 0.253 e. The van der Waals surface area contributed by atoms with Gasteiger partial charge in [-0.3, -0.25) is 14.7 Å². The van der Waals surface area contributed by atoms with E-state index in [0.717, 1.165) is 78.1 Å². The van der Waals surface area contributed by atoms with Crippen molar-refractivity contribution in [3.8, 4) is 11.1 Å². The highest BCUT2D eigenvalue weighted by Crippen LogP contribution is 2.30. The molecule has 210 valence electrons. The van der Waals surface area contributed by atoms with Gasteiger partial charge < -0.3 is 20.1 Å². The molecule has 3 N–H and O–H groups in total. The molecular weight excluding hydrogens is 502 g/mol. The van der Waals surface area contributed by atoms with Crippen LogP contribution in [0.3, 0.4) is 0 Å². The molecule has 1 aromatic carbocycles. The summed E-state index contributed by atoms with van der Waals surface area (Å²) in [6.07, 6.45) is 5.20. The minimum atomic E-state index is -0.436. The predicted octanol–water partition coefficient (Wildman–Crippen LogP) is 4.45. The Balaban J connectivity index is 1.51. The molecule has 1 aliphatic rings. The molecule has 1 atom stereocenters.